The molecule has 2 N–H and O–H groups in total. The van der Waals surface area contributed by atoms with Crippen molar-refractivity contribution in [2.75, 3.05) is 0 Å². The van der Waals surface area contributed by atoms with Crippen LogP contribution in [0.1, 0.15) is 0 Å². The average Bonchev–Trinajstić information content (AvgIpc) is 1.38. The summed E-state index contributed by atoms with van der Waals surface area (Å²) >= 11 is 0. The van der Waals surface area contributed by atoms with Gasteiger partial charge in [-0.3, -0.25) is 4.79 Å². The molecule has 0 aromatic rings. The monoisotopic (exact) mass is 79.0 g/mol. The number of nitrogens with two attached hydrogens (primary N) is 1. The molecule has 0 saturated carbocycles. The normalized spacial score (nSPS) is 12.5. The molecule has 0 spiro atoms. The van der Waals surface area contributed by atoms with Gasteiger partial charge in [-0.1, -0.05) is 0 Å². The zero-order valence-electron chi connectivity index (χ0n) is 2.99. The highest BCUT2D eigenvalue weighted by Gasteiger charge is 1.61. The van der Waals surface area contributed by atoms with E-state index in [0.29, 0.717) is 0 Å². The quantitative estimate of drug-likeness (QED) is 0.439. The van der Waals surface area contributed by atoms with Crippen LogP contribution in [-0.2, 0) is 0 Å². The van der Waals surface area contributed by atoms with Crippen molar-refractivity contribution >= 4 is 14.8 Å². The third-order valence-electron chi connectivity index (χ3n) is 0. The first-order valence-electron chi connectivity index (χ1n) is 1.24. The maximum atomic E-state index is 9.42. The average molecular weight is 79.0 g/mol. The van der Waals surface area contributed by atoms with Crippen LogP contribution in [0.15, 0.2) is 0 Å². The summed E-state index contributed by atoms with van der Waals surface area (Å²) in [5, 5.41) is 0. The molecule has 1 unspecified atom stereocenters. The van der Waals surface area contributed by atoms with E-state index in [9.17, 15) is 4.79 Å². The summed E-state index contributed by atoms with van der Waals surface area (Å²) in [6, 6.07) is 0. The highest BCUT2D eigenvalue weighted by Crippen LogP contribution is 1.70. The number of hydrogen-bond donors (Lipinski definition) is 1. The van der Waals surface area contributed by atoms with Crippen LogP contribution in [0.3, 0.4) is 0 Å². The highest BCUT2D eigenvalue weighted by atomic mass is 31.0. The largest absolute Gasteiger partial charge is 0.367 e. The van der Waals surface area contributed by atoms with Gasteiger partial charge in [0, 0.05) is 0 Å². The summed E-state index contributed by atoms with van der Waals surface area (Å²) in [5.41, 5.74) is 3.93. The maximum absolute atomic E-state index is 9.42. The Balaban J connectivity index is 2.85. The van der Waals surface area contributed by atoms with E-state index in [1.165, 1.54) is 0 Å². The molecule has 0 aliphatic carbocycles. The van der Waals surface area contributed by atoms with E-state index in [0.717, 1.165) is 0 Å². The Bertz CT molecular complexity index is 46.9. The molecule has 0 aliphatic heterocycles. The molecular formula is CH4NOP. The van der Waals surface area contributed by atoms with Crippen LogP contribution < -0.4 is 5.73 Å². The van der Waals surface area contributed by atoms with Crippen LogP contribution in [0.2, 0.25) is 0 Å². The second-order valence-corrected chi connectivity index (χ2v) is 0.857. The molecule has 2 nitrogen and oxygen atoms in total. The minimum absolute atomic E-state index is 0.497. The van der Waals surface area contributed by atoms with Crippen LogP contribution in [0, 0.1) is 0 Å². The van der Waals surface area contributed by atoms with Crippen LogP contribution >= 0.6 is 9.18 Å². The molecular weight excluding hydrogens is 73.0 g/mol. The summed E-state index contributed by atoms with van der Waals surface area (Å²) in [6.07, 6.45) is 0. The van der Waals surface area contributed by atoms with Crippen molar-refractivity contribution in [3.63, 3.8) is 0 Å². The minimum Gasteiger partial charge on any atom is -0.367 e. The first kappa shape index (κ1) is 2.16. The Morgan fingerprint density at radius 3 is 2.75 bits per heavy atom. The first-order chi connectivity index (χ1) is 2.27. The lowest BCUT2D eigenvalue weighted by Gasteiger charge is -1.60. The lowest BCUT2D eigenvalue weighted by Crippen LogP contribution is -1.93. The van der Waals surface area contributed by atoms with Crippen LogP contribution in [0.4, 0.5) is 4.79 Å². The SMILES string of the molecule is [3H]PC(N)=O. The molecule has 0 rings (SSSR count). The van der Waals surface area contributed by atoms with Crippen molar-refractivity contribution in [2.24, 2.45) is 5.73 Å². The second-order valence-electron chi connectivity index (χ2n) is 0.364. The van der Waals surface area contributed by atoms with E-state index in [-0.39, 0.29) is 0 Å². The third kappa shape index (κ3) is 154. The molecule has 1 amide bonds. The zero-order chi connectivity index (χ0) is 4.28. The minimum atomic E-state index is -0.551. The Labute approximate surface area is 27.9 Å². The fourth-order valence-corrected chi connectivity index (χ4v) is 0. The summed E-state index contributed by atoms with van der Waals surface area (Å²) in [5.74, 6) is 0. The van der Waals surface area contributed by atoms with Crippen LogP contribution in [0.5, 0.6) is 0 Å². The van der Waals surface area contributed by atoms with Gasteiger partial charge in [-0.05, 0) is 9.18 Å². The predicted molar refractivity (Wildman–Crippen MR) is 19.3 cm³/mol. The van der Waals surface area contributed by atoms with Crippen molar-refractivity contribution in [1.29, 1.82) is 1.28 Å². The Morgan fingerprint density at radius 2 is 2.75 bits per heavy atom. The molecule has 0 aliphatic rings. The van der Waals surface area contributed by atoms with Gasteiger partial charge in [0.25, 0.3) is 0 Å². The number of primary amides is 1. The van der Waals surface area contributed by atoms with Gasteiger partial charge in [0.2, 0.25) is 5.65 Å². The lowest BCUT2D eigenvalue weighted by molar-refractivity contribution is 0.267. The number of amides is 1. The van der Waals surface area contributed by atoms with Gasteiger partial charge in [0.1, 0.15) is 0 Å². The molecule has 0 radical (unpaired) electrons. The summed E-state index contributed by atoms with van der Waals surface area (Å²) in [4.78, 5) is 9.42. The fraction of sp³-hybridized carbons (Fsp3) is 0. The molecule has 3 heteroatoms. The Hall–Kier alpha value is -0.100. The first-order valence-corrected chi connectivity index (χ1v) is 1.24. The van der Waals surface area contributed by atoms with E-state index in [1.807, 2.05) is 0 Å². The summed E-state index contributed by atoms with van der Waals surface area (Å²) in [6.45, 7) is 0. The molecule has 0 heterocycles. The highest BCUT2D eigenvalue weighted by molar-refractivity contribution is 7.39. The van der Waals surface area contributed by atoms with Crippen molar-refractivity contribution in [2.45, 2.75) is 0 Å². The molecule has 24 valence electrons. The van der Waals surface area contributed by atoms with Gasteiger partial charge in [0.05, 0.1) is 1.28 Å². The van der Waals surface area contributed by atoms with Crippen molar-refractivity contribution in [3.8, 4) is 0 Å². The van der Waals surface area contributed by atoms with Gasteiger partial charge >= 0.3 is 0 Å². The molecule has 4 heavy (non-hydrogen) atoms. The molecule has 0 aromatic carbocycles. The van der Waals surface area contributed by atoms with Gasteiger partial charge in [0.15, 0.2) is 0 Å². The van der Waals surface area contributed by atoms with Gasteiger partial charge in [-0.2, -0.15) is 0 Å². The molecule has 1 atom stereocenters. The van der Waals surface area contributed by atoms with E-state index in [1.54, 1.807) is 0 Å². The fourth-order valence-electron chi connectivity index (χ4n) is 0. The zero-order valence-corrected chi connectivity index (χ0v) is 2.99. The molecule has 0 bridgehead atoms. The second kappa shape index (κ2) is 1.24. The number of carbonyl (C=O) groups excluding carboxylic acids is 1. The molecule has 0 fully saturated rings. The maximum Gasteiger partial charge on any atom is 0.232 e. The van der Waals surface area contributed by atoms with Gasteiger partial charge < -0.3 is 5.73 Å². The topological polar surface area (TPSA) is 43.1 Å². The van der Waals surface area contributed by atoms with Crippen molar-refractivity contribution in [1.82, 2.24) is 0 Å². The lowest BCUT2D eigenvalue weighted by atomic mass is 11.5. The standard InChI is InChI=1S/CH4NOP/c2-1(3)4/h4H2,(H2,2,3)/i4T. The number of hydrogen-bond acceptors (Lipinski definition) is 1. The van der Waals surface area contributed by atoms with Crippen molar-refractivity contribution < 1.29 is 4.79 Å². The van der Waals surface area contributed by atoms with E-state index < -0.39 is 14.8 Å². The molecule has 0 aromatic heterocycles. The Morgan fingerprint density at radius 1 is 2.50 bits per heavy atom. The number of carbonyl (C=O) groups is 1. The van der Waals surface area contributed by atoms with Gasteiger partial charge in [-0.15, -0.1) is 0 Å². The van der Waals surface area contributed by atoms with Crippen molar-refractivity contribution in [3.05, 3.63) is 0 Å². The van der Waals surface area contributed by atoms with E-state index in [2.05, 4.69) is 5.73 Å². The Kier molecular flexibility index (Phi) is 0.671. The summed E-state index contributed by atoms with van der Waals surface area (Å²) < 4.78 is 6.21. The van der Waals surface area contributed by atoms with Crippen LogP contribution in [0.25, 0.3) is 0 Å². The predicted octanol–water partition coefficient (Wildman–Crippen LogP) is -0.0598. The number of rotatable bonds is 1. The van der Waals surface area contributed by atoms with Crippen LogP contribution in [-0.4, -0.2) is 6.93 Å². The smallest absolute Gasteiger partial charge is 0.232 e. The third-order valence-corrected chi connectivity index (χ3v) is 0. The van der Waals surface area contributed by atoms with Gasteiger partial charge in [-0.25, -0.2) is 0 Å². The molecule has 0 saturated heterocycles. The van der Waals surface area contributed by atoms with E-state index in [4.69, 9.17) is 1.28 Å². The summed E-state index contributed by atoms with van der Waals surface area (Å²) in [7, 11) is -0.497. The van der Waals surface area contributed by atoms with E-state index >= 15 is 0 Å².